The van der Waals surface area contributed by atoms with E-state index in [2.05, 4.69) is 62.9 Å². The molecule has 1 saturated carbocycles. The van der Waals surface area contributed by atoms with Crippen molar-refractivity contribution in [2.45, 2.75) is 64.5 Å². The molecule has 1 aromatic rings. The van der Waals surface area contributed by atoms with Gasteiger partial charge in [0.2, 0.25) is 0 Å². The molecule has 0 spiro atoms. The van der Waals surface area contributed by atoms with Gasteiger partial charge in [-0.2, -0.15) is 11.3 Å². The van der Waals surface area contributed by atoms with Crippen molar-refractivity contribution in [2.24, 2.45) is 5.92 Å². The van der Waals surface area contributed by atoms with Gasteiger partial charge in [0, 0.05) is 8.07 Å². The van der Waals surface area contributed by atoms with E-state index in [1.165, 1.54) is 37.7 Å². The second kappa shape index (κ2) is 12.9. The van der Waals surface area contributed by atoms with Crippen LogP contribution in [0.25, 0.3) is 0 Å². The third-order valence-corrected chi connectivity index (χ3v) is 11.2. The molecule has 142 valence electrons. The van der Waals surface area contributed by atoms with E-state index in [-0.39, 0.29) is 58.9 Å². The topological polar surface area (TPSA) is 0 Å². The SMILES string of the molecule is CC(C)C1=[C-]CC=C1[Si](C)(c1ccccc1)C1CCCCC1.[Cl-].[Cl-].[Cl-].[Ti+4]. The van der Waals surface area contributed by atoms with Crippen LogP contribution < -0.4 is 42.4 Å². The molecular weight excluding hydrogens is 435 g/mol. The molecule has 0 saturated heterocycles. The Labute approximate surface area is 194 Å². The maximum absolute atomic E-state index is 3.68. The van der Waals surface area contributed by atoms with Crippen molar-refractivity contribution >= 4 is 13.3 Å². The zero-order valence-electron chi connectivity index (χ0n) is 16.0. The van der Waals surface area contributed by atoms with Crippen LogP contribution in [0.4, 0.5) is 0 Å². The van der Waals surface area contributed by atoms with Gasteiger partial charge in [-0.1, -0.05) is 99.5 Å². The summed E-state index contributed by atoms with van der Waals surface area (Å²) in [7, 11) is -1.66. The number of rotatable bonds is 4. The Morgan fingerprint density at radius 2 is 1.54 bits per heavy atom. The van der Waals surface area contributed by atoms with Crippen LogP contribution in [0.2, 0.25) is 12.1 Å². The molecule has 0 N–H and O–H groups in total. The Kier molecular flexibility index (Phi) is 14.2. The molecule has 0 aliphatic heterocycles. The molecule has 1 fully saturated rings. The Morgan fingerprint density at radius 3 is 2.08 bits per heavy atom. The van der Waals surface area contributed by atoms with E-state index in [1.54, 1.807) is 10.4 Å². The summed E-state index contributed by atoms with van der Waals surface area (Å²) in [5.74, 6) is 0.605. The van der Waals surface area contributed by atoms with Gasteiger partial charge >= 0.3 is 21.7 Å². The first-order valence-corrected chi connectivity index (χ1v) is 11.6. The minimum absolute atomic E-state index is 0. The summed E-state index contributed by atoms with van der Waals surface area (Å²) in [6, 6.07) is 11.4. The number of hydrogen-bond donors (Lipinski definition) is 0. The van der Waals surface area contributed by atoms with Gasteiger partial charge in [-0.25, -0.2) is 5.57 Å². The van der Waals surface area contributed by atoms with Gasteiger partial charge in [0.05, 0.1) is 0 Å². The second-order valence-electron chi connectivity index (χ2n) is 7.47. The third-order valence-electron chi connectivity index (χ3n) is 5.82. The summed E-state index contributed by atoms with van der Waals surface area (Å²) >= 11 is 0. The molecule has 1 unspecified atom stereocenters. The summed E-state index contributed by atoms with van der Waals surface area (Å²) in [5, 5.41) is 3.34. The van der Waals surface area contributed by atoms with Gasteiger partial charge < -0.3 is 37.2 Å². The zero-order valence-corrected chi connectivity index (χ0v) is 20.8. The van der Waals surface area contributed by atoms with Gasteiger partial charge in [-0.3, -0.25) is 6.08 Å². The van der Waals surface area contributed by atoms with Crippen LogP contribution in [-0.4, -0.2) is 8.07 Å². The van der Waals surface area contributed by atoms with Crippen LogP contribution in [0.1, 0.15) is 52.4 Å². The van der Waals surface area contributed by atoms with Gasteiger partial charge in [0.15, 0.2) is 0 Å². The molecule has 2 aliphatic carbocycles. The first kappa shape index (κ1) is 28.7. The molecule has 0 heterocycles. The fourth-order valence-electron chi connectivity index (χ4n) is 4.55. The van der Waals surface area contributed by atoms with E-state index in [0.29, 0.717) is 5.92 Å². The van der Waals surface area contributed by atoms with Gasteiger partial charge in [0.1, 0.15) is 0 Å². The molecule has 3 rings (SSSR count). The van der Waals surface area contributed by atoms with E-state index in [0.717, 1.165) is 12.0 Å². The first-order chi connectivity index (χ1) is 10.6. The van der Waals surface area contributed by atoms with Crippen LogP contribution >= 0.6 is 0 Å². The van der Waals surface area contributed by atoms with Crippen molar-refractivity contribution in [3.63, 3.8) is 0 Å². The van der Waals surface area contributed by atoms with Gasteiger partial charge in [-0.05, 0) is 0 Å². The maximum atomic E-state index is 3.68. The summed E-state index contributed by atoms with van der Waals surface area (Å²) < 4.78 is 0. The number of allylic oxidation sites excluding steroid dienone is 4. The van der Waals surface area contributed by atoms with E-state index < -0.39 is 8.07 Å². The van der Waals surface area contributed by atoms with E-state index in [9.17, 15) is 0 Å². The summed E-state index contributed by atoms with van der Waals surface area (Å²) in [5.41, 5.74) is 2.44. The zero-order chi connectivity index (χ0) is 15.6. The smallest absolute Gasteiger partial charge is 1.00 e. The Hall–Kier alpha value is 0.501. The normalized spacial score (nSPS) is 18.9. The van der Waals surface area contributed by atoms with E-state index in [1.807, 2.05) is 0 Å². The maximum Gasteiger partial charge on any atom is 4.00 e. The quantitative estimate of drug-likeness (QED) is 0.322. The summed E-state index contributed by atoms with van der Waals surface area (Å²) in [6.07, 6.45) is 14.4. The summed E-state index contributed by atoms with van der Waals surface area (Å²) in [6.45, 7) is 7.31. The molecule has 0 nitrogen and oxygen atoms in total. The van der Waals surface area contributed by atoms with Gasteiger partial charge in [-0.15, -0.1) is 6.42 Å². The molecule has 1 atom stereocenters. The van der Waals surface area contributed by atoms with Crippen molar-refractivity contribution in [3.8, 4) is 0 Å². The molecular formula is C21H29Cl3SiTi. The van der Waals surface area contributed by atoms with E-state index in [4.69, 9.17) is 0 Å². The van der Waals surface area contributed by atoms with Crippen LogP contribution in [0.15, 0.2) is 47.2 Å². The average Bonchev–Trinajstić information content (AvgIpc) is 3.06. The minimum Gasteiger partial charge on any atom is -1.00 e. The number of benzene rings is 1. The van der Waals surface area contributed by atoms with Crippen LogP contribution in [0.3, 0.4) is 0 Å². The molecule has 0 amide bonds. The van der Waals surface area contributed by atoms with Crippen LogP contribution in [-0.2, 0) is 21.7 Å². The molecule has 0 aromatic heterocycles. The molecule has 0 bridgehead atoms. The molecule has 0 radical (unpaired) electrons. The summed E-state index contributed by atoms with van der Waals surface area (Å²) in [4.78, 5) is 0. The monoisotopic (exact) mass is 462 g/mol. The Morgan fingerprint density at radius 1 is 0.962 bits per heavy atom. The van der Waals surface area contributed by atoms with Crippen molar-refractivity contribution < 1.29 is 58.9 Å². The fourth-order valence-corrected chi connectivity index (χ4v) is 9.68. The van der Waals surface area contributed by atoms with Crippen molar-refractivity contribution in [1.29, 1.82) is 0 Å². The number of halogens is 3. The van der Waals surface area contributed by atoms with Crippen LogP contribution in [0, 0.1) is 12.0 Å². The predicted octanol–water partition coefficient (Wildman–Crippen LogP) is -3.43. The Bertz CT molecular complexity index is 580. The largest absolute Gasteiger partial charge is 4.00 e. The Balaban J connectivity index is 0. The third kappa shape index (κ3) is 5.75. The second-order valence-corrected chi connectivity index (χ2v) is 11.8. The fraction of sp³-hybridized carbons (Fsp3) is 0.524. The van der Waals surface area contributed by atoms with Crippen molar-refractivity contribution in [1.82, 2.24) is 0 Å². The average molecular weight is 464 g/mol. The van der Waals surface area contributed by atoms with Crippen molar-refractivity contribution in [3.05, 3.63) is 53.3 Å². The first-order valence-electron chi connectivity index (χ1n) is 9.01. The molecule has 2 aliphatic rings. The molecule has 5 heteroatoms. The molecule has 26 heavy (non-hydrogen) atoms. The predicted molar refractivity (Wildman–Crippen MR) is 98.8 cm³/mol. The molecule has 1 aromatic carbocycles. The number of hydrogen-bond acceptors (Lipinski definition) is 0. The standard InChI is InChI=1S/C21H29Si.3ClH.Ti/c1-17(2)20-15-10-16-21(20)22(3,18-11-6-4-7-12-18)19-13-8-5-9-14-19;;;;/h4,6-7,11-12,16-17,19H,5,8-10,13-14H2,1-3H3;3*1H;/q-1;;;;+4/p-3. The van der Waals surface area contributed by atoms with Crippen LogP contribution in [0.5, 0.6) is 0 Å². The van der Waals surface area contributed by atoms with Gasteiger partial charge in [0.25, 0.3) is 0 Å². The van der Waals surface area contributed by atoms with Crippen molar-refractivity contribution in [2.75, 3.05) is 0 Å². The van der Waals surface area contributed by atoms with E-state index >= 15 is 0 Å². The minimum atomic E-state index is -1.66.